The van der Waals surface area contributed by atoms with E-state index in [1.165, 1.54) is 12.1 Å². The third kappa shape index (κ3) is 9.22. The average molecular weight is 915 g/mol. The minimum atomic E-state index is -4.68. The number of aliphatic imine (C=N–C) groups is 2. The molecule has 6 nitrogen and oxygen atoms in total. The quantitative estimate of drug-likeness (QED) is 0.0935. The molecule has 1 aliphatic heterocycles. The van der Waals surface area contributed by atoms with Gasteiger partial charge < -0.3 is 10.6 Å². The number of fused-ring (bicyclic) bond motifs is 2. The number of anilines is 2. The molecule has 1 aliphatic rings. The third-order valence-electron chi connectivity index (χ3n) is 11.4. The predicted octanol–water partition coefficient (Wildman–Crippen LogP) is 14.3. The van der Waals surface area contributed by atoms with E-state index in [-0.39, 0.29) is 45.9 Å². The molecule has 0 amide bonds. The fourth-order valence-corrected chi connectivity index (χ4v) is 8.15. The van der Waals surface area contributed by atoms with Crippen molar-refractivity contribution in [1.82, 2.24) is 9.97 Å². The highest BCUT2D eigenvalue weighted by Gasteiger charge is 2.36. The number of benzene rings is 7. The van der Waals surface area contributed by atoms with Gasteiger partial charge in [-0.05, 0) is 89.0 Å². The Bertz CT molecular complexity index is 3200. The van der Waals surface area contributed by atoms with Crippen molar-refractivity contribution in [2.75, 3.05) is 17.7 Å². The number of rotatable bonds is 8. The molecule has 2 heterocycles. The van der Waals surface area contributed by atoms with Crippen LogP contribution in [0.15, 0.2) is 174 Å². The van der Waals surface area contributed by atoms with Crippen LogP contribution in [0.25, 0.3) is 33.5 Å². The monoisotopic (exact) mass is 914 g/mol. The zero-order valence-corrected chi connectivity index (χ0v) is 35.1. The van der Waals surface area contributed by atoms with Gasteiger partial charge in [-0.25, -0.2) is 15.0 Å². The van der Waals surface area contributed by atoms with Crippen molar-refractivity contribution in [3.05, 3.63) is 203 Å². The standard InChI is InChI=1S/C52H35F9N6/c1-67-45-22-19-38(52(59,60)61)29-44(45)66-48(33-15-9-4-10-16-33)49(67)35-24-30(25-41(31-11-5-2-6-12-31)63-42-27-36(50(53,54)55)17-20-39(42)62)23-34(26-35)47-46(32-13-7-3-8-14-32)65-43-28-37(51(56,57)58)18-21-40(43)64-47/h2-24,26-29,49H,25,62H2,1H3. The van der Waals surface area contributed by atoms with Gasteiger partial charge in [0.2, 0.25) is 0 Å². The van der Waals surface area contributed by atoms with Gasteiger partial charge in [-0.15, -0.1) is 0 Å². The second-order valence-corrected chi connectivity index (χ2v) is 15.9. The second kappa shape index (κ2) is 17.2. The van der Waals surface area contributed by atoms with Gasteiger partial charge in [0.15, 0.2) is 0 Å². The van der Waals surface area contributed by atoms with E-state index in [2.05, 4.69) is 0 Å². The first-order chi connectivity index (χ1) is 31.9. The summed E-state index contributed by atoms with van der Waals surface area (Å²) in [4.78, 5) is 21.2. The molecule has 1 atom stereocenters. The molecule has 0 saturated heterocycles. The Labute approximate surface area is 377 Å². The van der Waals surface area contributed by atoms with Gasteiger partial charge in [-0.2, -0.15) is 39.5 Å². The van der Waals surface area contributed by atoms with Gasteiger partial charge in [-0.1, -0.05) is 97.1 Å². The number of nitrogen functional groups attached to an aromatic ring is 1. The zero-order chi connectivity index (χ0) is 47.3. The lowest BCUT2D eigenvalue weighted by atomic mass is 9.88. The molecule has 67 heavy (non-hydrogen) atoms. The van der Waals surface area contributed by atoms with E-state index < -0.39 is 41.3 Å². The van der Waals surface area contributed by atoms with Crippen molar-refractivity contribution >= 4 is 45.2 Å². The van der Waals surface area contributed by atoms with E-state index in [1.54, 1.807) is 104 Å². The van der Waals surface area contributed by atoms with Gasteiger partial charge in [0.25, 0.3) is 0 Å². The summed E-state index contributed by atoms with van der Waals surface area (Å²) >= 11 is 0. The Balaban J connectivity index is 1.31. The molecular weight excluding hydrogens is 880 g/mol. The molecule has 0 radical (unpaired) electrons. The van der Waals surface area contributed by atoms with Gasteiger partial charge in [0.1, 0.15) is 0 Å². The third-order valence-corrected chi connectivity index (χ3v) is 11.4. The summed E-state index contributed by atoms with van der Waals surface area (Å²) in [5, 5.41) is 0. The lowest BCUT2D eigenvalue weighted by Crippen LogP contribution is -2.34. The Hall–Kier alpha value is -7.81. The molecule has 15 heteroatoms. The van der Waals surface area contributed by atoms with Crippen molar-refractivity contribution in [3.63, 3.8) is 0 Å². The van der Waals surface area contributed by atoms with E-state index in [0.717, 1.165) is 42.5 Å². The van der Waals surface area contributed by atoms with E-state index in [9.17, 15) is 39.5 Å². The van der Waals surface area contributed by atoms with E-state index in [0.29, 0.717) is 50.5 Å². The van der Waals surface area contributed by atoms with Gasteiger partial charge >= 0.3 is 18.5 Å². The molecule has 1 unspecified atom stereocenters. The normalized spacial score (nSPS) is 14.5. The Kier molecular flexibility index (Phi) is 11.4. The number of hydrogen-bond donors (Lipinski definition) is 1. The smallest absolute Gasteiger partial charge is 0.397 e. The van der Waals surface area contributed by atoms with Gasteiger partial charge in [0.05, 0.1) is 79.3 Å². The summed E-state index contributed by atoms with van der Waals surface area (Å²) in [5.74, 6) is 0. The summed E-state index contributed by atoms with van der Waals surface area (Å²) < 4.78 is 126. The van der Waals surface area contributed by atoms with Crippen LogP contribution in [0.2, 0.25) is 0 Å². The van der Waals surface area contributed by atoms with Crippen LogP contribution in [-0.2, 0) is 24.9 Å². The largest absolute Gasteiger partial charge is 0.416 e. The molecule has 336 valence electrons. The van der Waals surface area contributed by atoms with Crippen LogP contribution in [0.1, 0.15) is 45.0 Å². The number of halogens is 9. The molecule has 2 N–H and O–H groups in total. The van der Waals surface area contributed by atoms with E-state index in [4.69, 9.17) is 25.7 Å². The van der Waals surface area contributed by atoms with Crippen molar-refractivity contribution < 1.29 is 39.5 Å². The molecule has 7 aromatic carbocycles. The van der Waals surface area contributed by atoms with Crippen LogP contribution >= 0.6 is 0 Å². The fraction of sp³-hybridized carbons (Fsp3) is 0.115. The molecule has 1 aromatic heterocycles. The maximum atomic E-state index is 14.1. The molecule has 8 aromatic rings. The Morgan fingerprint density at radius 2 is 1.12 bits per heavy atom. The number of nitrogens with zero attached hydrogens (tertiary/aromatic N) is 5. The summed E-state index contributed by atoms with van der Waals surface area (Å²) in [5.41, 5.74) is 8.62. The van der Waals surface area contributed by atoms with Crippen LogP contribution in [0.5, 0.6) is 0 Å². The fourth-order valence-electron chi connectivity index (χ4n) is 8.15. The maximum Gasteiger partial charge on any atom is 0.416 e. The number of alkyl halides is 9. The first-order valence-corrected chi connectivity index (χ1v) is 20.7. The predicted molar refractivity (Wildman–Crippen MR) is 243 cm³/mol. The van der Waals surface area contributed by atoms with Crippen LogP contribution in [0.3, 0.4) is 0 Å². The van der Waals surface area contributed by atoms with Crippen molar-refractivity contribution in [2.24, 2.45) is 9.98 Å². The van der Waals surface area contributed by atoms with Crippen LogP contribution in [-0.4, -0.2) is 28.4 Å². The highest BCUT2D eigenvalue weighted by Crippen LogP contribution is 2.45. The molecule has 0 spiro atoms. The minimum Gasteiger partial charge on any atom is -0.397 e. The summed E-state index contributed by atoms with van der Waals surface area (Å²) in [6.45, 7) is 0. The number of likely N-dealkylation sites (N-methyl/N-ethyl adjacent to an activating group) is 1. The van der Waals surface area contributed by atoms with Crippen molar-refractivity contribution in [2.45, 2.75) is 31.0 Å². The lowest BCUT2D eigenvalue weighted by Gasteiger charge is -2.37. The van der Waals surface area contributed by atoms with E-state index >= 15 is 0 Å². The van der Waals surface area contributed by atoms with Gasteiger partial charge in [0, 0.05) is 24.6 Å². The molecule has 0 bridgehead atoms. The van der Waals surface area contributed by atoms with Crippen LogP contribution in [0, 0.1) is 0 Å². The second-order valence-electron chi connectivity index (χ2n) is 15.9. The van der Waals surface area contributed by atoms with Gasteiger partial charge in [-0.3, -0.25) is 4.99 Å². The number of aromatic nitrogens is 2. The first-order valence-electron chi connectivity index (χ1n) is 20.7. The van der Waals surface area contributed by atoms with Crippen molar-refractivity contribution in [1.29, 1.82) is 0 Å². The SMILES string of the molecule is CN1c2ccc(C(F)(F)F)cc2N=C(c2ccccc2)C1c1cc(CC(=Nc2cc(C(F)(F)F)ccc2N)c2ccccc2)cc(-c2nc3ccc(C(F)(F)F)cc3nc2-c2ccccc2)c1. The van der Waals surface area contributed by atoms with Crippen LogP contribution in [0.4, 0.5) is 62.3 Å². The highest BCUT2D eigenvalue weighted by atomic mass is 19.4. The average Bonchev–Trinajstić information content (AvgIpc) is 3.31. The number of nitrogens with two attached hydrogens (primary N) is 1. The molecule has 0 saturated carbocycles. The molecule has 9 rings (SSSR count). The van der Waals surface area contributed by atoms with E-state index in [1.807, 2.05) is 17.0 Å². The molecule has 0 fully saturated rings. The topological polar surface area (TPSA) is 79.8 Å². The molecule has 0 aliphatic carbocycles. The highest BCUT2D eigenvalue weighted by molar-refractivity contribution is 6.11. The zero-order valence-electron chi connectivity index (χ0n) is 35.1. The Morgan fingerprint density at radius 3 is 1.78 bits per heavy atom. The van der Waals surface area contributed by atoms with Crippen LogP contribution < -0.4 is 10.6 Å². The minimum absolute atomic E-state index is 0.00304. The Morgan fingerprint density at radius 1 is 0.567 bits per heavy atom. The van der Waals surface area contributed by atoms with Crippen molar-refractivity contribution in [3.8, 4) is 22.5 Å². The maximum absolute atomic E-state index is 14.1. The summed E-state index contributed by atoms with van der Waals surface area (Å²) in [6, 6.07) is 40.6. The lowest BCUT2D eigenvalue weighted by molar-refractivity contribution is -0.138. The first kappa shape index (κ1) is 44.4. The molecular formula is C52H35F9N6. The summed E-state index contributed by atoms with van der Waals surface area (Å²) in [7, 11) is 1.73. The number of hydrogen-bond acceptors (Lipinski definition) is 6. The summed E-state index contributed by atoms with van der Waals surface area (Å²) in [6.07, 6.45) is -14.0.